The molecule has 0 spiro atoms. The van der Waals surface area contributed by atoms with Crippen LogP contribution in [0.3, 0.4) is 0 Å². The van der Waals surface area contributed by atoms with Gasteiger partial charge in [0.05, 0.1) is 50.0 Å². The first kappa shape index (κ1) is 51.1. The molecule has 0 radical (unpaired) electrons. The Morgan fingerprint density at radius 2 is 0.789 bits per heavy atom. The van der Waals surface area contributed by atoms with E-state index < -0.39 is 0 Å². The van der Waals surface area contributed by atoms with Gasteiger partial charge in [0.15, 0.2) is 5.82 Å². The molecule has 6 heteroatoms. The maximum Gasteiger partial charge on any atom is 0.160 e. The first-order valence-corrected chi connectivity index (χ1v) is 30.6. The van der Waals surface area contributed by atoms with Crippen molar-refractivity contribution in [3.63, 3.8) is 0 Å². The number of anilines is 2. The van der Waals surface area contributed by atoms with Crippen LogP contribution < -0.4 is 4.90 Å². The third-order valence-corrected chi connectivity index (χ3v) is 18.3. The minimum Gasteiger partial charge on any atom is -0.316 e. The molecule has 0 unspecified atom stereocenters. The van der Waals surface area contributed by atoms with Crippen LogP contribution in [0.5, 0.6) is 0 Å². The van der Waals surface area contributed by atoms with Crippen LogP contribution in [0.4, 0.5) is 11.4 Å². The number of fused-ring (bicyclic) bond motifs is 13. The summed E-state index contributed by atoms with van der Waals surface area (Å²) in [5.41, 5.74) is 22.1. The summed E-state index contributed by atoms with van der Waals surface area (Å²) in [5.74, 6) is 0.629. The molecule has 6 nitrogen and oxygen atoms in total. The molecule has 0 saturated carbocycles. The second-order valence-corrected chi connectivity index (χ2v) is 23.4. The number of aromatic nitrogens is 5. The number of rotatable bonds is 8. The summed E-state index contributed by atoms with van der Waals surface area (Å²) >= 11 is 0. The van der Waals surface area contributed by atoms with Gasteiger partial charge in [-0.2, -0.15) is 0 Å². The van der Waals surface area contributed by atoms with E-state index in [0.717, 1.165) is 128 Å². The standard InChI is InChI=1S/C84H54N6/c1-54-47-60(59-40-43-80-72(52-59)69-31-15-19-35-77(69)89(80)63-26-9-4-10-27-63)45-46-87(75-33-17-13-28-66(54)75)64-48-61(84-85-74-41-37-55-21-11-12-29-67(55)82(74)83(86-84)56-22-5-2-6-23-56)49-65(53-64)90-78-36-20-16-32-70(78)73-51-58(39-44-81(73)90)57-38-42-79-71(50-57)68-30-14-18-34-76(68)88(79)62-24-7-3-8-25-62/h2-53H,1H2. The lowest BCUT2D eigenvalue weighted by molar-refractivity contribution is 1.16. The van der Waals surface area contributed by atoms with Gasteiger partial charge >= 0.3 is 0 Å². The number of allylic oxidation sites excluding steroid dienone is 4. The average Bonchev–Trinajstić information content (AvgIpc) is 1.69. The summed E-state index contributed by atoms with van der Waals surface area (Å²) < 4.78 is 7.17. The van der Waals surface area contributed by atoms with Gasteiger partial charge in [-0.25, -0.2) is 9.97 Å². The number of nitrogens with zero attached hydrogens (tertiary/aromatic N) is 6. The van der Waals surface area contributed by atoms with Gasteiger partial charge in [-0.05, 0) is 160 Å². The van der Waals surface area contributed by atoms with E-state index in [-0.39, 0.29) is 0 Å². The minimum absolute atomic E-state index is 0.629. The van der Waals surface area contributed by atoms with Crippen molar-refractivity contribution in [3.05, 3.63) is 333 Å². The van der Waals surface area contributed by atoms with Gasteiger partial charge in [-0.1, -0.05) is 195 Å². The van der Waals surface area contributed by atoms with Crippen LogP contribution in [-0.2, 0) is 0 Å². The lowest BCUT2D eigenvalue weighted by Gasteiger charge is -2.27. The Bertz CT molecular complexity index is 5860. The maximum absolute atomic E-state index is 5.65. The largest absolute Gasteiger partial charge is 0.316 e. The molecule has 0 fully saturated rings. The van der Waals surface area contributed by atoms with E-state index in [4.69, 9.17) is 16.5 Å². The highest BCUT2D eigenvalue weighted by Gasteiger charge is 2.24. The number of benzene rings is 13. The second kappa shape index (κ2) is 20.5. The molecule has 420 valence electrons. The van der Waals surface area contributed by atoms with Crippen molar-refractivity contribution < 1.29 is 0 Å². The van der Waals surface area contributed by atoms with Crippen molar-refractivity contribution in [2.45, 2.75) is 0 Å². The Hall–Kier alpha value is -12.1. The van der Waals surface area contributed by atoms with E-state index in [9.17, 15) is 0 Å². The number of hydrogen-bond acceptors (Lipinski definition) is 3. The molecule has 4 aromatic heterocycles. The Morgan fingerprint density at radius 1 is 0.311 bits per heavy atom. The molecule has 18 rings (SSSR count). The highest BCUT2D eigenvalue weighted by molar-refractivity contribution is 6.15. The highest BCUT2D eigenvalue weighted by atomic mass is 15.1. The lowest BCUT2D eigenvalue weighted by Crippen LogP contribution is -2.13. The molecule has 0 aliphatic carbocycles. The number of hydrogen-bond donors (Lipinski definition) is 0. The van der Waals surface area contributed by atoms with Crippen LogP contribution in [0.15, 0.2) is 322 Å². The molecular weight excluding hydrogens is 1090 g/mol. The molecule has 13 aromatic carbocycles. The fraction of sp³-hybridized carbons (Fsp3) is 0. The fourth-order valence-electron chi connectivity index (χ4n) is 14.2. The Kier molecular flexibility index (Phi) is 11.7. The molecule has 0 N–H and O–H groups in total. The molecule has 90 heavy (non-hydrogen) atoms. The molecule has 17 aromatic rings. The summed E-state index contributed by atoms with van der Waals surface area (Å²) in [6.07, 6.45) is 6.71. The van der Waals surface area contributed by atoms with Crippen molar-refractivity contribution >= 4 is 110 Å². The van der Waals surface area contributed by atoms with E-state index in [1.807, 2.05) is 0 Å². The first-order valence-electron chi connectivity index (χ1n) is 30.6. The molecule has 0 saturated heterocycles. The van der Waals surface area contributed by atoms with Crippen LogP contribution in [-0.4, -0.2) is 23.7 Å². The molecule has 1 aliphatic heterocycles. The van der Waals surface area contributed by atoms with Crippen molar-refractivity contribution in [1.82, 2.24) is 23.7 Å². The van der Waals surface area contributed by atoms with E-state index in [2.05, 4.69) is 334 Å². The molecule has 0 amide bonds. The summed E-state index contributed by atoms with van der Waals surface area (Å²) in [6, 6.07) is 107. The SMILES string of the molecule is C=C1C=C(c2ccc3c(c2)c2ccccc2n3-c2ccccc2)C=CN(c2cc(-c3nc(-c4ccccc4)c4c(ccc5ccccc54)n3)cc(-n3c4ccccc4c4cc(-c5ccc6c(c5)c5ccccc5n6-c5ccccc5)ccc43)c2)c2ccccc21. The van der Waals surface area contributed by atoms with Gasteiger partial charge in [0.25, 0.3) is 0 Å². The van der Waals surface area contributed by atoms with Crippen molar-refractivity contribution in [1.29, 1.82) is 0 Å². The smallest absolute Gasteiger partial charge is 0.160 e. The molecule has 0 atom stereocenters. The number of para-hydroxylation sites is 6. The molecule has 1 aliphatic rings. The predicted molar refractivity (Wildman–Crippen MR) is 378 cm³/mol. The zero-order chi connectivity index (χ0) is 59.4. The third-order valence-electron chi connectivity index (χ3n) is 18.3. The highest BCUT2D eigenvalue weighted by Crippen LogP contribution is 2.45. The van der Waals surface area contributed by atoms with Gasteiger partial charge in [0, 0.05) is 83.3 Å². The molecule has 0 bridgehead atoms. The second-order valence-electron chi connectivity index (χ2n) is 23.4. The maximum atomic E-state index is 5.65. The normalized spacial score (nSPS) is 12.7. The van der Waals surface area contributed by atoms with Crippen molar-refractivity contribution in [3.8, 4) is 50.8 Å². The van der Waals surface area contributed by atoms with E-state index in [1.54, 1.807) is 0 Å². The van der Waals surface area contributed by atoms with Gasteiger partial charge in [-0.15, -0.1) is 0 Å². The lowest BCUT2D eigenvalue weighted by atomic mass is 9.95. The van der Waals surface area contributed by atoms with Crippen LogP contribution in [0.25, 0.3) is 149 Å². The van der Waals surface area contributed by atoms with Gasteiger partial charge in [-0.3, -0.25) is 0 Å². The summed E-state index contributed by atoms with van der Waals surface area (Å²) in [5, 5.41) is 10.4. The minimum atomic E-state index is 0.629. The van der Waals surface area contributed by atoms with Crippen LogP contribution in [0, 0.1) is 0 Å². The molecule has 5 heterocycles. The quantitative estimate of drug-likeness (QED) is 0.142. The topological polar surface area (TPSA) is 43.8 Å². The van der Waals surface area contributed by atoms with Crippen LogP contribution in [0.1, 0.15) is 11.1 Å². The van der Waals surface area contributed by atoms with Crippen molar-refractivity contribution in [2.24, 2.45) is 0 Å². The summed E-state index contributed by atoms with van der Waals surface area (Å²) in [6.45, 7) is 4.80. The van der Waals surface area contributed by atoms with Gasteiger partial charge in [0.2, 0.25) is 0 Å². The third kappa shape index (κ3) is 8.19. The zero-order valence-electron chi connectivity index (χ0n) is 48.9. The van der Waals surface area contributed by atoms with Crippen LogP contribution in [0.2, 0.25) is 0 Å². The van der Waals surface area contributed by atoms with Gasteiger partial charge < -0.3 is 18.6 Å². The fourth-order valence-corrected chi connectivity index (χ4v) is 14.2. The Morgan fingerprint density at radius 3 is 1.40 bits per heavy atom. The summed E-state index contributed by atoms with van der Waals surface area (Å²) in [4.78, 5) is 13.5. The van der Waals surface area contributed by atoms with E-state index in [0.29, 0.717) is 5.82 Å². The predicted octanol–water partition coefficient (Wildman–Crippen LogP) is 21.8. The van der Waals surface area contributed by atoms with Crippen LogP contribution >= 0.6 is 0 Å². The first-order chi connectivity index (χ1) is 44.5. The summed E-state index contributed by atoms with van der Waals surface area (Å²) in [7, 11) is 0. The Labute approximate surface area is 519 Å². The van der Waals surface area contributed by atoms with Gasteiger partial charge in [0.1, 0.15) is 0 Å². The zero-order valence-corrected chi connectivity index (χ0v) is 48.9. The van der Waals surface area contributed by atoms with E-state index >= 15 is 0 Å². The monoisotopic (exact) mass is 1150 g/mol. The molecular formula is C84H54N6. The Balaban J connectivity index is 0.842. The average molecular weight is 1150 g/mol. The van der Waals surface area contributed by atoms with E-state index in [1.165, 1.54) is 38.1 Å². The van der Waals surface area contributed by atoms with Crippen molar-refractivity contribution in [2.75, 3.05) is 4.90 Å².